The molecule has 166 valence electrons. The van der Waals surface area contributed by atoms with Crippen molar-refractivity contribution in [3.05, 3.63) is 48.7 Å². The van der Waals surface area contributed by atoms with E-state index in [4.69, 9.17) is 10.1 Å². The van der Waals surface area contributed by atoms with Crippen LogP contribution in [0.3, 0.4) is 0 Å². The summed E-state index contributed by atoms with van der Waals surface area (Å²) in [5.41, 5.74) is 3.99. The predicted molar refractivity (Wildman–Crippen MR) is 119 cm³/mol. The van der Waals surface area contributed by atoms with Gasteiger partial charge >= 0.3 is 6.09 Å². The highest BCUT2D eigenvalue weighted by Crippen LogP contribution is 2.30. The van der Waals surface area contributed by atoms with Crippen molar-refractivity contribution in [3.8, 4) is 28.6 Å². The molecule has 0 saturated carbocycles. The standard InChI is InChI=1S/C22H21N9O2/c1-29-12-17(10-26-29)18-13-31-21(16(6-23)9-27-31)20(28-18)15-2-3-19(24-8-15)30-5-4-14(11-30)7-25-22(32)33/h2-3,8-10,12-14,25H,4-5,7,11H2,1H3,(H,32,33). The Labute approximate surface area is 188 Å². The zero-order chi connectivity index (χ0) is 22.9. The fourth-order valence-electron chi connectivity index (χ4n) is 4.14. The van der Waals surface area contributed by atoms with Crippen molar-refractivity contribution in [2.45, 2.75) is 6.42 Å². The van der Waals surface area contributed by atoms with Crippen LogP contribution in [0.1, 0.15) is 12.0 Å². The zero-order valence-electron chi connectivity index (χ0n) is 17.9. The molecule has 1 fully saturated rings. The summed E-state index contributed by atoms with van der Waals surface area (Å²) in [4.78, 5) is 22.4. The van der Waals surface area contributed by atoms with Crippen molar-refractivity contribution in [1.29, 1.82) is 5.26 Å². The molecule has 0 aromatic carbocycles. The molecule has 4 aromatic rings. The minimum atomic E-state index is -1.00. The third-order valence-corrected chi connectivity index (χ3v) is 5.79. The van der Waals surface area contributed by atoms with Gasteiger partial charge in [0.15, 0.2) is 0 Å². The maximum absolute atomic E-state index is 10.7. The summed E-state index contributed by atoms with van der Waals surface area (Å²) in [5, 5.41) is 29.4. The van der Waals surface area contributed by atoms with Crippen LogP contribution in [-0.4, -0.2) is 60.2 Å². The summed E-state index contributed by atoms with van der Waals surface area (Å²) in [5.74, 6) is 1.08. The number of rotatable bonds is 5. The summed E-state index contributed by atoms with van der Waals surface area (Å²) in [6.07, 6.45) is 8.58. The van der Waals surface area contributed by atoms with Crippen molar-refractivity contribution in [2.24, 2.45) is 13.0 Å². The summed E-state index contributed by atoms with van der Waals surface area (Å²) in [6, 6.07) is 6.06. The quantitative estimate of drug-likeness (QED) is 0.479. The molecule has 5 heterocycles. The van der Waals surface area contributed by atoms with Gasteiger partial charge in [0.2, 0.25) is 0 Å². The fourth-order valence-corrected chi connectivity index (χ4v) is 4.14. The molecule has 0 bridgehead atoms. The molecule has 1 aliphatic rings. The number of hydrogen-bond donors (Lipinski definition) is 2. The van der Waals surface area contributed by atoms with Crippen LogP contribution in [0, 0.1) is 17.2 Å². The number of nitriles is 1. The van der Waals surface area contributed by atoms with Crippen molar-refractivity contribution in [1.82, 2.24) is 34.7 Å². The number of pyridine rings is 1. The number of hydrogen-bond acceptors (Lipinski definition) is 7. The van der Waals surface area contributed by atoms with E-state index in [1.807, 2.05) is 25.4 Å². The molecule has 1 aliphatic heterocycles. The van der Waals surface area contributed by atoms with Gasteiger partial charge in [0, 0.05) is 50.2 Å². The summed E-state index contributed by atoms with van der Waals surface area (Å²) < 4.78 is 3.37. The Morgan fingerprint density at radius 1 is 1.24 bits per heavy atom. The number of nitrogens with zero attached hydrogens (tertiary/aromatic N) is 8. The van der Waals surface area contributed by atoms with Crippen molar-refractivity contribution >= 4 is 17.4 Å². The second-order valence-electron chi connectivity index (χ2n) is 8.03. The van der Waals surface area contributed by atoms with Crippen LogP contribution >= 0.6 is 0 Å². The largest absolute Gasteiger partial charge is 0.465 e. The highest BCUT2D eigenvalue weighted by atomic mass is 16.4. The van der Waals surface area contributed by atoms with Crippen LogP contribution < -0.4 is 10.2 Å². The van der Waals surface area contributed by atoms with E-state index in [2.05, 4.69) is 31.5 Å². The molecule has 0 aliphatic carbocycles. The van der Waals surface area contributed by atoms with Crippen LogP contribution in [0.5, 0.6) is 0 Å². The number of aryl methyl sites for hydroxylation is 1. The van der Waals surface area contributed by atoms with Gasteiger partial charge in [0.25, 0.3) is 0 Å². The molecule has 33 heavy (non-hydrogen) atoms. The van der Waals surface area contributed by atoms with E-state index < -0.39 is 6.09 Å². The van der Waals surface area contributed by atoms with Gasteiger partial charge in [0.1, 0.15) is 23.0 Å². The van der Waals surface area contributed by atoms with Gasteiger partial charge in [-0.3, -0.25) is 4.68 Å². The lowest BCUT2D eigenvalue weighted by Gasteiger charge is -2.18. The van der Waals surface area contributed by atoms with Crippen LogP contribution in [0.2, 0.25) is 0 Å². The maximum atomic E-state index is 10.7. The number of carbonyl (C=O) groups is 1. The van der Waals surface area contributed by atoms with Gasteiger partial charge in [-0.15, -0.1) is 0 Å². The van der Waals surface area contributed by atoms with E-state index in [1.54, 1.807) is 27.8 Å². The topological polar surface area (TPSA) is 137 Å². The summed E-state index contributed by atoms with van der Waals surface area (Å²) in [7, 11) is 1.84. The number of amides is 1. The third-order valence-electron chi connectivity index (χ3n) is 5.79. The lowest BCUT2D eigenvalue weighted by molar-refractivity contribution is 0.192. The first kappa shape index (κ1) is 20.4. The van der Waals surface area contributed by atoms with Crippen LogP contribution in [0.4, 0.5) is 10.6 Å². The SMILES string of the molecule is Cn1cc(-c2cn3ncc(C#N)c3c(-c3ccc(N4CCC(CNC(=O)O)C4)nc3)n2)cn1. The molecule has 4 aromatic heterocycles. The van der Waals surface area contributed by atoms with Crippen LogP contribution in [-0.2, 0) is 7.05 Å². The lowest BCUT2D eigenvalue weighted by atomic mass is 10.1. The van der Waals surface area contributed by atoms with E-state index in [9.17, 15) is 10.1 Å². The summed E-state index contributed by atoms with van der Waals surface area (Å²) in [6.45, 7) is 2.00. The molecule has 2 N–H and O–H groups in total. The predicted octanol–water partition coefficient (Wildman–Crippen LogP) is 2.16. The normalized spacial score (nSPS) is 15.6. The first-order valence-electron chi connectivity index (χ1n) is 10.5. The monoisotopic (exact) mass is 443 g/mol. The molecule has 1 unspecified atom stereocenters. The Kier molecular flexibility index (Phi) is 5.10. The molecule has 1 saturated heterocycles. The number of anilines is 1. The minimum absolute atomic E-state index is 0.255. The molecule has 1 atom stereocenters. The Balaban J connectivity index is 1.47. The number of fused-ring (bicyclic) bond motifs is 1. The first-order chi connectivity index (χ1) is 16.0. The number of carboxylic acid groups (broad SMARTS) is 1. The molecule has 0 radical (unpaired) electrons. The first-order valence-corrected chi connectivity index (χ1v) is 10.5. The van der Waals surface area contributed by atoms with E-state index >= 15 is 0 Å². The average molecular weight is 443 g/mol. The third kappa shape index (κ3) is 3.94. The van der Waals surface area contributed by atoms with Gasteiger partial charge in [-0.05, 0) is 24.5 Å². The fraction of sp³-hybridized carbons (Fsp3) is 0.273. The Morgan fingerprint density at radius 3 is 2.82 bits per heavy atom. The summed E-state index contributed by atoms with van der Waals surface area (Å²) >= 11 is 0. The Morgan fingerprint density at radius 2 is 2.12 bits per heavy atom. The van der Waals surface area contributed by atoms with Crippen LogP contribution in [0.15, 0.2) is 43.1 Å². The second kappa shape index (κ2) is 8.23. The number of nitrogens with one attached hydrogen (secondary N) is 1. The van der Waals surface area contributed by atoms with E-state index in [1.165, 1.54) is 6.20 Å². The maximum Gasteiger partial charge on any atom is 0.404 e. The zero-order valence-corrected chi connectivity index (χ0v) is 17.9. The van der Waals surface area contributed by atoms with E-state index in [0.29, 0.717) is 29.0 Å². The smallest absolute Gasteiger partial charge is 0.404 e. The van der Waals surface area contributed by atoms with Gasteiger partial charge in [-0.1, -0.05) is 0 Å². The van der Waals surface area contributed by atoms with Crippen molar-refractivity contribution in [2.75, 3.05) is 24.5 Å². The molecular formula is C22H21N9O2. The second-order valence-corrected chi connectivity index (χ2v) is 8.03. The minimum Gasteiger partial charge on any atom is -0.465 e. The van der Waals surface area contributed by atoms with Crippen molar-refractivity contribution < 1.29 is 9.90 Å². The van der Waals surface area contributed by atoms with Crippen molar-refractivity contribution in [3.63, 3.8) is 0 Å². The highest BCUT2D eigenvalue weighted by Gasteiger charge is 2.24. The molecule has 0 spiro atoms. The van der Waals surface area contributed by atoms with Crippen LogP contribution in [0.25, 0.3) is 28.0 Å². The lowest BCUT2D eigenvalue weighted by Crippen LogP contribution is -2.29. The molecule has 5 rings (SSSR count). The highest BCUT2D eigenvalue weighted by molar-refractivity contribution is 5.83. The van der Waals surface area contributed by atoms with Gasteiger partial charge in [-0.25, -0.2) is 19.3 Å². The van der Waals surface area contributed by atoms with Gasteiger partial charge in [-0.2, -0.15) is 15.5 Å². The molecular weight excluding hydrogens is 422 g/mol. The Hall–Kier alpha value is -4.46. The molecule has 11 heteroatoms. The Bertz CT molecular complexity index is 1370. The van der Waals surface area contributed by atoms with E-state index in [0.717, 1.165) is 36.5 Å². The number of aromatic nitrogens is 6. The molecule has 11 nitrogen and oxygen atoms in total. The van der Waals surface area contributed by atoms with Gasteiger partial charge < -0.3 is 15.3 Å². The molecule has 1 amide bonds. The van der Waals surface area contributed by atoms with E-state index in [-0.39, 0.29) is 5.92 Å². The average Bonchev–Trinajstić information content (AvgIpc) is 3.56. The van der Waals surface area contributed by atoms with Gasteiger partial charge in [0.05, 0.1) is 30.0 Å².